The Labute approximate surface area is 213 Å². The lowest BCUT2D eigenvalue weighted by Crippen LogP contribution is -2.49. The molecule has 0 N–H and O–H groups in total. The van der Waals surface area contributed by atoms with Crippen LogP contribution in [0.2, 0.25) is 0 Å². The molecule has 0 atom stereocenters. The number of anilines is 1. The van der Waals surface area contributed by atoms with E-state index < -0.39 is 0 Å². The molecule has 2 aromatic carbocycles. The average molecular weight is 503 g/mol. The van der Waals surface area contributed by atoms with Crippen molar-refractivity contribution in [1.29, 1.82) is 0 Å². The number of benzene rings is 2. The Morgan fingerprint density at radius 2 is 1.62 bits per heavy atom. The number of hydrogen-bond donors (Lipinski definition) is 0. The van der Waals surface area contributed by atoms with Gasteiger partial charge in [-0.3, -0.25) is 23.6 Å². The molecule has 5 rings (SSSR count). The molecule has 2 aromatic heterocycles. The van der Waals surface area contributed by atoms with Gasteiger partial charge in [0.1, 0.15) is 22.9 Å². The van der Waals surface area contributed by atoms with Crippen LogP contribution in [-0.2, 0) is 14.1 Å². The zero-order chi connectivity index (χ0) is 25.9. The summed E-state index contributed by atoms with van der Waals surface area (Å²) in [7, 11) is 3.18. The minimum Gasteiger partial charge on any atom is -0.494 e. The first-order valence-corrected chi connectivity index (χ1v) is 12.4. The van der Waals surface area contributed by atoms with Gasteiger partial charge in [0.2, 0.25) is 0 Å². The number of aromatic nitrogens is 2. The highest BCUT2D eigenvalue weighted by Crippen LogP contribution is 2.24. The van der Waals surface area contributed by atoms with Crippen molar-refractivity contribution in [2.24, 2.45) is 14.1 Å². The van der Waals surface area contributed by atoms with Gasteiger partial charge in [0, 0.05) is 64.5 Å². The highest BCUT2D eigenvalue weighted by Gasteiger charge is 2.20. The molecule has 37 heavy (non-hydrogen) atoms. The molecule has 0 spiro atoms. The van der Waals surface area contributed by atoms with Crippen molar-refractivity contribution in [2.75, 3.05) is 44.2 Å². The molecular weight excluding hydrogens is 472 g/mol. The van der Waals surface area contributed by atoms with Gasteiger partial charge in [-0.25, -0.2) is 4.79 Å². The maximum Gasteiger partial charge on any atom is 0.332 e. The molecule has 9 nitrogen and oxygen atoms in total. The summed E-state index contributed by atoms with van der Waals surface area (Å²) in [5.74, 6) is 1.85. The van der Waals surface area contributed by atoms with Crippen LogP contribution in [0.15, 0.2) is 79.5 Å². The van der Waals surface area contributed by atoms with E-state index in [1.165, 1.54) is 23.7 Å². The normalized spacial score (nSPS) is 14.3. The zero-order valence-corrected chi connectivity index (χ0v) is 21.1. The van der Waals surface area contributed by atoms with Gasteiger partial charge < -0.3 is 14.1 Å². The molecule has 1 saturated heterocycles. The van der Waals surface area contributed by atoms with Crippen LogP contribution in [0.1, 0.15) is 6.42 Å². The lowest BCUT2D eigenvalue weighted by Gasteiger charge is -2.36. The van der Waals surface area contributed by atoms with Crippen molar-refractivity contribution in [3.63, 3.8) is 0 Å². The van der Waals surface area contributed by atoms with E-state index >= 15 is 0 Å². The van der Waals surface area contributed by atoms with Gasteiger partial charge in [-0.15, -0.1) is 0 Å². The molecule has 4 aromatic rings. The minimum atomic E-state index is -0.315. The summed E-state index contributed by atoms with van der Waals surface area (Å²) in [5, 5.41) is 0.499. The first kappa shape index (κ1) is 24.6. The summed E-state index contributed by atoms with van der Waals surface area (Å²) >= 11 is 0. The van der Waals surface area contributed by atoms with Gasteiger partial charge in [-0.2, -0.15) is 0 Å². The fourth-order valence-corrected chi connectivity index (χ4v) is 4.67. The zero-order valence-electron chi connectivity index (χ0n) is 21.1. The molecule has 1 aliphatic heterocycles. The Balaban J connectivity index is 1.14. The number of ether oxygens (including phenoxy) is 1. The van der Waals surface area contributed by atoms with Gasteiger partial charge in [0.25, 0.3) is 5.56 Å². The van der Waals surface area contributed by atoms with Gasteiger partial charge in [-0.05, 0) is 24.6 Å². The molecule has 0 unspecified atom stereocenters. The molecule has 192 valence electrons. The van der Waals surface area contributed by atoms with E-state index in [1.807, 2.05) is 36.4 Å². The van der Waals surface area contributed by atoms with E-state index in [2.05, 4.69) is 9.80 Å². The fraction of sp³-hybridized carbons (Fsp3) is 0.321. The third-order valence-corrected chi connectivity index (χ3v) is 6.84. The van der Waals surface area contributed by atoms with Crippen molar-refractivity contribution >= 4 is 16.8 Å². The first-order valence-electron chi connectivity index (χ1n) is 12.4. The third kappa shape index (κ3) is 5.22. The quantitative estimate of drug-likeness (QED) is 0.359. The third-order valence-electron chi connectivity index (χ3n) is 6.84. The van der Waals surface area contributed by atoms with Crippen molar-refractivity contribution in [2.45, 2.75) is 6.42 Å². The summed E-state index contributed by atoms with van der Waals surface area (Å²) in [6.07, 6.45) is 0.837. The van der Waals surface area contributed by atoms with Crippen LogP contribution >= 0.6 is 0 Å². The number of rotatable bonds is 7. The summed E-state index contributed by atoms with van der Waals surface area (Å²) < 4.78 is 14.5. The van der Waals surface area contributed by atoms with Crippen LogP contribution in [0.4, 0.5) is 5.82 Å². The van der Waals surface area contributed by atoms with Crippen LogP contribution in [0.25, 0.3) is 22.3 Å². The maximum atomic E-state index is 12.7. The SMILES string of the molecule is Cn1c(N2CCN(CCCOc3ccc4oc(-c5ccccc5)cc(=O)c4c3)CC2)cc(=O)n(C)c1=O. The Hall–Kier alpha value is -4.11. The molecule has 1 fully saturated rings. The Bertz CT molecular complexity index is 1580. The monoisotopic (exact) mass is 502 g/mol. The van der Waals surface area contributed by atoms with E-state index in [4.69, 9.17) is 9.15 Å². The topological polar surface area (TPSA) is 89.9 Å². The van der Waals surface area contributed by atoms with E-state index in [-0.39, 0.29) is 16.7 Å². The molecule has 0 radical (unpaired) electrons. The predicted octanol–water partition coefficient (Wildman–Crippen LogP) is 2.45. The van der Waals surface area contributed by atoms with E-state index in [0.717, 1.165) is 49.3 Å². The standard InChI is InChI=1S/C28H30N4O5/c1-29-26(19-27(34)30(2)28(29)35)32-14-12-31(13-15-32)11-6-16-36-21-9-10-24-22(17-21)23(33)18-25(37-24)20-7-4-3-5-8-20/h3-5,7-10,17-19H,6,11-16H2,1-2H3. The fourth-order valence-electron chi connectivity index (χ4n) is 4.67. The van der Waals surface area contributed by atoms with Crippen LogP contribution < -0.4 is 26.3 Å². The van der Waals surface area contributed by atoms with Crippen molar-refractivity contribution in [3.05, 3.63) is 91.7 Å². The predicted molar refractivity (Wildman–Crippen MR) is 144 cm³/mol. The van der Waals surface area contributed by atoms with Crippen LogP contribution in [0.5, 0.6) is 5.75 Å². The number of hydrogen-bond acceptors (Lipinski definition) is 7. The summed E-state index contributed by atoms with van der Waals surface area (Å²) in [6, 6.07) is 18.0. The minimum absolute atomic E-state index is 0.0998. The van der Waals surface area contributed by atoms with Crippen LogP contribution in [0, 0.1) is 0 Å². The summed E-state index contributed by atoms with van der Waals surface area (Å²) in [6.45, 7) is 4.57. The molecule has 9 heteroatoms. The molecule has 3 heterocycles. The van der Waals surface area contributed by atoms with Crippen LogP contribution in [-0.4, -0.2) is 53.4 Å². The second-order valence-electron chi connectivity index (χ2n) is 9.27. The lowest BCUT2D eigenvalue weighted by atomic mass is 10.1. The van der Waals surface area contributed by atoms with Crippen molar-refractivity contribution in [3.8, 4) is 17.1 Å². The Morgan fingerprint density at radius 1 is 0.865 bits per heavy atom. The van der Waals surface area contributed by atoms with Gasteiger partial charge >= 0.3 is 5.69 Å². The molecule has 0 amide bonds. The van der Waals surface area contributed by atoms with E-state index in [9.17, 15) is 14.4 Å². The highest BCUT2D eigenvalue weighted by molar-refractivity contribution is 5.80. The van der Waals surface area contributed by atoms with E-state index in [0.29, 0.717) is 34.9 Å². The second kappa shape index (κ2) is 10.5. The molecule has 0 saturated carbocycles. The van der Waals surface area contributed by atoms with E-state index in [1.54, 1.807) is 19.2 Å². The summed E-state index contributed by atoms with van der Waals surface area (Å²) in [5.41, 5.74) is 0.688. The largest absolute Gasteiger partial charge is 0.494 e. The highest BCUT2D eigenvalue weighted by atomic mass is 16.5. The smallest absolute Gasteiger partial charge is 0.332 e. The van der Waals surface area contributed by atoms with Crippen LogP contribution in [0.3, 0.4) is 0 Å². The molecular formula is C28H30N4O5. The summed E-state index contributed by atoms with van der Waals surface area (Å²) in [4.78, 5) is 41.4. The van der Waals surface area contributed by atoms with Gasteiger partial charge in [-0.1, -0.05) is 30.3 Å². The Kier molecular flexibility index (Phi) is 6.96. The second-order valence-corrected chi connectivity index (χ2v) is 9.27. The maximum absolute atomic E-state index is 12.7. The average Bonchev–Trinajstić information content (AvgIpc) is 2.93. The molecule has 0 aliphatic carbocycles. The number of nitrogens with zero attached hydrogens (tertiary/aromatic N) is 4. The van der Waals surface area contributed by atoms with Gasteiger partial charge in [0.05, 0.1) is 12.0 Å². The number of piperazine rings is 1. The number of fused-ring (bicyclic) bond motifs is 1. The van der Waals surface area contributed by atoms with Crippen molar-refractivity contribution < 1.29 is 9.15 Å². The van der Waals surface area contributed by atoms with Gasteiger partial charge in [0.15, 0.2) is 5.43 Å². The lowest BCUT2D eigenvalue weighted by molar-refractivity contribution is 0.224. The first-order chi connectivity index (χ1) is 17.9. The molecule has 0 bridgehead atoms. The Morgan fingerprint density at radius 3 is 2.38 bits per heavy atom. The van der Waals surface area contributed by atoms with Crippen molar-refractivity contribution in [1.82, 2.24) is 14.0 Å². The molecule has 1 aliphatic rings.